The summed E-state index contributed by atoms with van der Waals surface area (Å²) in [7, 11) is 0. The molecule has 1 N–H and O–H groups in total. The number of amides is 1. The largest absolute Gasteiger partial charge is 0.456 e. The quantitative estimate of drug-likeness (QED) is 0.393. The second kappa shape index (κ2) is 10.3. The van der Waals surface area contributed by atoms with Crippen molar-refractivity contribution in [2.45, 2.75) is 24.8 Å². The van der Waals surface area contributed by atoms with E-state index in [1.165, 1.54) is 0 Å². The second-order valence-electron chi connectivity index (χ2n) is 6.43. The molecule has 7 heteroatoms. The van der Waals surface area contributed by atoms with Crippen molar-refractivity contribution in [3.05, 3.63) is 64.7 Å². The first-order valence-electron chi connectivity index (χ1n) is 8.72. The fourth-order valence-electron chi connectivity index (χ4n) is 2.45. The van der Waals surface area contributed by atoms with Crippen molar-refractivity contribution >= 4 is 41.0 Å². The number of hydrogen-bond acceptors (Lipinski definition) is 5. The normalized spacial score (nSPS) is 11.8. The highest BCUT2D eigenvalue weighted by atomic mass is 35.5. The van der Waals surface area contributed by atoms with Crippen molar-refractivity contribution in [3.63, 3.8) is 0 Å². The van der Waals surface area contributed by atoms with Gasteiger partial charge in [0.05, 0.1) is 10.6 Å². The van der Waals surface area contributed by atoms with Crippen LogP contribution >= 0.6 is 23.4 Å². The number of nitrogens with one attached hydrogen (secondary N) is 1. The number of benzene rings is 2. The Hall–Kier alpha value is -2.31. The topological polar surface area (TPSA) is 72.5 Å². The molecule has 1 amide bonds. The number of ketones is 1. The van der Waals surface area contributed by atoms with E-state index in [9.17, 15) is 14.4 Å². The van der Waals surface area contributed by atoms with E-state index in [-0.39, 0.29) is 23.9 Å². The highest BCUT2D eigenvalue weighted by Crippen LogP contribution is 2.17. The van der Waals surface area contributed by atoms with Crippen molar-refractivity contribution in [2.75, 3.05) is 12.9 Å². The van der Waals surface area contributed by atoms with Gasteiger partial charge in [-0.2, -0.15) is 0 Å². The van der Waals surface area contributed by atoms with Gasteiger partial charge in [0.25, 0.3) is 5.91 Å². The monoisotopic (exact) mass is 419 g/mol. The van der Waals surface area contributed by atoms with Gasteiger partial charge in [-0.3, -0.25) is 9.59 Å². The van der Waals surface area contributed by atoms with Crippen LogP contribution in [0.25, 0.3) is 0 Å². The Morgan fingerprint density at radius 3 is 2.29 bits per heavy atom. The summed E-state index contributed by atoms with van der Waals surface area (Å²) >= 11 is 7.60. The first kappa shape index (κ1) is 22.0. The minimum absolute atomic E-state index is 0.227. The smallest absolute Gasteiger partial charge is 0.329 e. The molecule has 0 spiro atoms. The lowest BCUT2D eigenvalue weighted by Gasteiger charge is -2.21. The molecule has 0 heterocycles. The Labute approximate surface area is 173 Å². The first-order chi connectivity index (χ1) is 13.3. The summed E-state index contributed by atoms with van der Waals surface area (Å²) in [6.45, 7) is 3.17. The van der Waals surface area contributed by atoms with Gasteiger partial charge in [0.1, 0.15) is 6.04 Å². The summed E-state index contributed by atoms with van der Waals surface area (Å²) in [5, 5.41) is 2.93. The predicted molar refractivity (Wildman–Crippen MR) is 111 cm³/mol. The molecule has 28 heavy (non-hydrogen) atoms. The zero-order chi connectivity index (χ0) is 20.7. The molecule has 0 aromatic heterocycles. The summed E-state index contributed by atoms with van der Waals surface area (Å²) in [4.78, 5) is 38.2. The van der Waals surface area contributed by atoms with Crippen molar-refractivity contribution in [1.29, 1.82) is 0 Å². The van der Waals surface area contributed by atoms with Crippen molar-refractivity contribution in [2.24, 2.45) is 5.92 Å². The third-order valence-corrected chi connectivity index (χ3v) is 5.16. The lowest BCUT2D eigenvalue weighted by Crippen LogP contribution is -2.45. The van der Waals surface area contributed by atoms with Crippen LogP contribution in [0.2, 0.25) is 5.02 Å². The second-order valence-corrected chi connectivity index (χ2v) is 7.72. The number of halogens is 1. The molecule has 2 rings (SSSR count). The van der Waals surface area contributed by atoms with Gasteiger partial charge in [-0.15, -0.1) is 11.8 Å². The molecule has 148 valence electrons. The predicted octanol–water partition coefficient (Wildman–Crippen LogP) is 4.24. The molecule has 0 fully saturated rings. The summed E-state index contributed by atoms with van der Waals surface area (Å²) in [5.74, 6) is -1.67. The van der Waals surface area contributed by atoms with Gasteiger partial charge in [-0.1, -0.05) is 49.7 Å². The van der Waals surface area contributed by atoms with Gasteiger partial charge in [-0.25, -0.2) is 4.79 Å². The number of carbonyl (C=O) groups excluding carboxylic acids is 3. The van der Waals surface area contributed by atoms with Crippen LogP contribution in [0.3, 0.4) is 0 Å². The molecule has 2 aromatic rings. The fourth-order valence-corrected chi connectivity index (χ4v) is 3.08. The molecule has 0 bridgehead atoms. The standard InChI is InChI=1S/C21H22ClNO4S/c1-13(2)19(23-20(25)16-6-4-5-7-17(16)22)21(26)27-12-18(24)14-8-10-15(28-3)11-9-14/h4-11,13,19H,12H2,1-3H3,(H,23,25)/t19-/m0/s1. The lowest BCUT2D eigenvalue weighted by molar-refractivity contribution is -0.145. The van der Waals surface area contributed by atoms with Crippen LogP contribution in [-0.4, -0.2) is 36.6 Å². The van der Waals surface area contributed by atoms with Crippen LogP contribution in [0.1, 0.15) is 34.6 Å². The number of hydrogen-bond donors (Lipinski definition) is 1. The van der Waals surface area contributed by atoms with Gasteiger partial charge in [0.15, 0.2) is 12.4 Å². The van der Waals surface area contributed by atoms with Crippen LogP contribution in [0, 0.1) is 5.92 Å². The molecule has 0 aliphatic carbocycles. The number of thioether (sulfide) groups is 1. The molecule has 5 nitrogen and oxygen atoms in total. The third kappa shape index (κ3) is 5.84. The minimum atomic E-state index is -0.893. The average Bonchev–Trinajstić information content (AvgIpc) is 2.69. The molecular weight excluding hydrogens is 398 g/mol. The fraction of sp³-hybridized carbons (Fsp3) is 0.286. The van der Waals surface area contributed by atoms with Crippen LogP contribution in [-0.2, 0) is 9.53 Å². The summed E-state index contributed by atoms with van der Waals surface area (Å²) in [5.41, 5.74) is 0.736. The highest BCUT2D eigenvalue weighted by Gasteiger charge is 2.27. The molecule has 0 saturated carbocycles. The van der Waals surface area contributed by atoms with E-state index in [0.717, 1.165) is 4.90 Å². The maximum Gasteiger partial charge on any atom is 0.329 e. The van der Waals surface area contributed by atoms with Crippen LogP contribution in [0.5, 0.6) is 0 Å². The third-order valence-electron chi connectivity index (χ3n) is 4.08. The van der Waals surface area contributed by atoms with Crippen LogP contribution in [0.15, 0.2) is 53.4 Å². The summed E-state index contributed by atoms with van der Waals surface area (Å²) < 4.78 is 5.16. The maximum atomic E-state index is 12.4. The molecule has 2 aromatic carbocycles. The summed E-state index contributed by atoms with van der Waals surface area (Å²) in [6.07, 6.45) is 1.95. The Kier molecular flexibility index (Phi) is 8.08. The van der Waals surface area contributed by atoms with E-state index in [1.807, 2.05) is 18.4 Å². The van der Waals surface area contributed by atoms with Gasteiger partial charge in [0, 0.05) is 10.5 Å². The van der Waals surface area contributed by atoms with Gasteiger partial charge < -0.3 is 10.1 Å². The van der Waals surface area contributed by atoms with Gasteiger partial charge >= 0.3 is 5.97 Å². The highest BCUT2D eigenvalue weighted by molar-refractivity contribution is 7.98. The molecular formula is C21H22ClNO4S. The number of carbonyl (C=O) groups is 3. The zero-order valence-corrected chi connectivity index (χ0v) is 17.5. The summed E-state index contributed by atoms with van der Waals surface area (Å²) in [6, 6.07) is 12.7. The lowest BCUT2D eigenvalue weighted by atomic mass is 10.0. The molecule has 0 aliphatic heterocycles. The van der Waals surface area contributed by atoms with E-state index in [2.05, 4.69) is 5.32 Å². The molecule has 0 radical (unpaired) electrons. The SMILES string of the molecule is CSc1ccc(C(=O)COC(=O)[C@@H](NC(=O)c2ccccc2Cl)C(C)C)cc1. The van der Waals surface area contributed by atoms with Crippen LogP contribution in [0.4, 0.5) is 0 Å². The molecule has 0 aliphatic rings. The van der Waals surface area contributed by atoms with Crippen LogP contribution < -0.4 is 5.32 Å². The van der Waals surface area contributed by atoms with Gasteiger partial charge in [0.2, 0.25) is 0 Å². The zero-order valence-electron chi connectivity index (χ0n) is 15.9. The van der Waals surface area contributed by atoms with E-state index >= 15 is 0 Å². The Morgan fingerprint density at radius 2 is 1.71 bits per heavy atom. The van der Waals surface area contributed by atoms with E-state index in [4.69, 9.17) is 16.3 Å². The van der Waals surface area contributed by atoms with E-state index in [1.54, 1.807) is 62.0 Å². The van der Waals surface area contributed by atoms with Crippen molar-refractivity contribution in [1.82, 2.24) is 5.32 Å². The number of ether oxygens (including phenoxy) is 1. The number of esters is 1. The molecule has 0 saturated heterocycles. The van der Waals surface area contributed by atoms with Gasteiger partial charge in [-0.05, 0) is 36.4 Å². The average molecular weight is 420 g/mol. The first-order valence-corrected chi connectivity index (χ1v) is 10.3. The number of rotatable bonds is 8. The minimum Gasteiger partial charge on any atom is -0.456 e. The Bertz CT molecular complexity index is 852. The van der Waals surface area contributed by atoms with Crippen molar-refractivity contribution in [3.8, 4) is 0 Å². The Balaban J connectivity index is 1.99. The molecule has 1 atom stereocenters. The van der Waals surface area contributed by atoms with Crippen molar-refractivity contribution < 1.29 is 19.1 Å². The number of Topliss-reactive ketones (excluding diaryl/α,β-unsaturated/α-hetero) is 1. The molecule has 0 unspecified atom stereocenters. The van der Waals surface area contributed by atoms with E-state index < -0.39 is 17.9 Å². The Morgan fingerprint density at radius 1 is 1.07 bits per heavy atom. The van der Waals surface area contributed by atoms with E-state index in [0.29, 0.717) is 10.6 Å². The maximum absolute atomic E-state index is 12.4.